The molecule has 18 heavy (non-hydrogen) atoms. The first-order valence-electron chi connectivity index (χ1n) is 5.90. The zero-order valence-corrected chi connectivity index (χ0v) is 12.2. The molecule has 0 aliphatic rings. The Labute approximate surface area is 109 Å². The van der Waals surface area contributed by atoms with E-state index < -0.39 is 10.8 Å². The second-order valence-electron chi connectivity index (χ2n) is 6.09. The molecule has 0 aromatic rings. The highest BCUT2D eigenvalue weighted by Crippen LogP contribution is 2.22. The van der Waals surface area contributed by atoms with Crippen LogP contribution in [0.1, 0.15) is 54.4 Å². The smallest absolute Gasteiger partial charge is 0.145 e. The third-order valence-electron chi connectivity index (χ3n) is 2.19. The summed E-state index contributed by atoms with van der Waals surface area (Å²) < 4.78 is 0. The van der Waals surface area contributed by atoms with Crippen molar-refractivity contribution < 1.29 is 19.2 Å². The van der Waals surface area contributed by atoms with Crippen molar-refractivity contribution in [1.29, 1.82) is 0 Å². The van der Waals surface area contributed by atoms with E-state index in [1.165, 1.54) is 0 Å². The lowest BCUT2D eigenvalue weighted by Gasteiger charge is -2.20. The zero-order valence-electron chi connectivity index (χ0n) is 12.2. The largest absolute Gasteiger partial charge is 0.303 e. The standard InChI is InChI=1S/C11H20O2.C3H4O2/c1-10(2,3)8(12)7-9(13)11(4,5)6;4-2-1-3-5/h7H2,1-6H3;2-3H,1H2. The van der Waals surface area contributed by atoms with Crippen LogP contribution in [0.3, 0.4) is 0 Å². The van der Waals surface area contributed by atoms with Gasteiger partial charge in [0.1, 0.15) is 24.1 Å². The fourth-order valence-electron chi connectivity index (χ4n) is 0.715. The van der Waals surface area contributed by atoms with Gasteiger partial charge < -0.3 is 9.59 Å². The number of carbonyl (C=O) groups excluding carboxylic acids is 4. The van der Waals surface area contributed by atoms with Crippen LogP contribution in [0.5, 0.6) is 0 Å². The summed E-state index contributed by atoms with van der Waals surface area (Å²) in [6.45, 7) is 11.0. The van der Waals surface area contributed by atoms with Gasteiger partial charge in [-0.3, -0.25) is 9.59 Å². The van der Waals surface area contributed by atoms with Crippen LogP contribution in [-0.2, 0) is 19.2 Å². The van der Waals surface area contributed by atoms with Crippen molar-refractivity contribution in [3.8, 4) is 0 Å². The highest BCUT2D eigenvalue weighted by Gasteiger charge is 2.28. The Balaban J connectivity index is 0. The van der Waals surface area contributed by atoms with E-state index in [0.717, 1.165) is 0 Å². The van der Waals surface area contributed by atoms with Crippen molar-refractivity contribution >= 4 is 24.1 Å². The van der Waals surface area contributed by atoms with Crippen molar-refractivity contribution in [2.75, 3.05) is 0 Å². The van der Waals surface area contributed by atoms with Gasteiger partial charge in [0, 0.05) is 10.8 Å². The Morgan fingerprint density at radius 2 is 1.06 bits per heavy atom. The van der Waals surface area contributed by atoms with Gasteiger partial charge in [0.2, 0.25) is 0 Å². The molecule has 0 rings (SSSR count). The first kappa shape index (κ1) is 19.0. The fourth-order valence-corrected chi connectivity index (χ4v) is 0.715. The molecular formula is C14H24O4. The summed E-state index contributed by atoms with van der Waals surface area (Å²) in [5, 5.41) is 0. The molecule has 0 aromatic heterocycles. The van der Waals surface area contributed by atoms with Crippen LogP contribution in [0, 0.1) is 10.8 Å². The van der Waals surface area contributed by atoms with E-state index in [9.17, 15) is 19.2 Å². The number of aldehydes is 2. The molecule has 0 bridgehead atoms. The van der Waals surface area contributed by atoms with Crippen LogP contribution in [0.25, 0.3) is 0 Å². The predicted molar refractivity (Wildman–Crippen MR) is 70.3 cm³/mol. The van der Waals surface area contributed by atoms with Gasteiger partial charge in [-0.2, -0.15) is 0 Å². The minimum Gasteiger partial charge on any atom is -0.303 e. The number of hydrogen-bond acceptors (Lipinski definition) is 4. The van der Waals surface area contributed by atoms with Crippen LogP contribution < -0.4 is 0 Å². The average molecular weight is 256 g/mol. The summed E-state index contributed by atoms with van der Waals surface area (Å²) in [5.74, 6) is 0.0415. The second kappa shape index (κ2) is 7.90. The molecule has 4 nitrogen and oxygen atoms in total. The van der Waals surface area contributed by atoms with Gasteiger partial charge in [-0.25, -0.2) is 0 Å². The van der Waals surface area contributed by atoms with Crippen LogP contribution in [0.4, 0.5) is 0 Å². The SMILES string of the molecule is CC(C)(C)C(=O)CC(=O)C(C)(C)C.O=CCC=O. The van der Waals surface area contributed by atoms with Crippen molar-refractivity contribution in [3.05, 3.63) is 0 Å². The maximum atomic E-state index is 11.5. The number of ketones is 2. The van der Waals surface area contributed by atoms with E-state index >= 15 is 0 Å². The summed E-state index contributed by atoms with van der Waals surface area (Å²) in [5.41, 5.74) is -0.804. The monoisotopic (exact) mass is 256 g/mol. The van der Waals surface area contributed by atoms with Crippen molar-refractivity contribution in [3.63, 3.8) is 0 Å². The number of carbonyl (C=O) groups is 4. The quantitative estimate of drug-likeness (QED) is 0.572. The van der Waals surface area contributed by atoms with Gasteiger partial charge in [-0.1, -0.05) is 41.5 Å². The lowest BCUT2D eigenvalue weighted by molar-refractivity contribution is -0.135. The van der Waals surface area contributed by atoms with E-state index in [4.69, 9.17) is 0 Å². The summed E-state index contributed by atoms with van der Waals surface area (Å²) in [6, 6.07) is 0. The summed E-state index contributed by atoms with van der Waals surface area (Å²) in [6.07, 6.45) is 1.22. The summed E-state index contributed by atoms with van der Waals surface area (Å²) >= 11 is 0. The van der Waals surface area contributed by atoms with Crippen molar-refractivity contribution in [2.24, 2.45) is 10.8 Å². The van der Waals surface area contributed by atoms with Crippen molar-refractivity contribution in [1.82, 2.24) is 0 Å². The molecule has 0 N–H and O–H groups in total. The Kier molecular flexibility index (Phi) is 8.35. The fraction of sp³-hybridized carbons (Fsp3) is 0.714. The third kappa shape index (κ3) is 9.87. The molecule has 0 radical (unpaired) electrons. The van der Waals surface area contributed by atoms with E-state index in [1.54, 1.807) is 0 Å². The Morgan fingerprint density at radius 3 is 1.17 bits per heavy atom. The minimum atomic E-state index is -0.402. The van der Waals surface area contributed by atoms with Gasteiger partial charge in [-0.05, 0) is 0 Å². The Morgan fingerprint density at radius 1 is 0.778 bits per heavy atom. The van der Waals surface area contributed by atoms with Crippen LogP contribution in [0.2, 0.25) is 0 Å². The van der Waals surface area contributed by atoms with Crippen LogP contribution >= 0.6 is 0 Å². The lowest BCUT2D eigenvalue weighted by atomic mass is 9.82. The summed E-state index contributed by atoms with van der Waals surface area (Å²) in [4.78, 5) is 41.3. The lowest BCUT2D eigenvalue weighted by Crippen LogP contribution is -2.28. The van der Waals surface area contributed by atoms with Crippen molar-refractivity contribution in [2.45, 2.75) is 54.4 Å². The topological polar surface area (TPSA) is 68.3 Å². The van der Waals surface area contributed by atoms with Gasteiger partial charge in [0.15, 0.2) is 0 Å². The van der Waals surface area contributed by atoms with Gasteiger partial charge >= 0.3 is 0 Å². The van der Waals surface area contributed by atoms with Gasteiger partial charge in [-0.15, -0.1) is 0 Å². The first-order valence-corrected chi connectivity index (χ1v) is 5.90. The highest BCUT2D eigenvalue weighted by atomic mass is 16.2. The molecule has 0 saturated heterocycles. The number of rotatable bonds is 4. The molecule has 0 spiro atoms. The molecule has 0 aliphatic heterocycles. The average Bonchev–Trinajstić information content (AvgIpc) is 2.16. The first-order chi connectivity index (χ1) is 7.96. The minimum absolute atomic E-state index is 0.0208. The van der Waals surface area contributed by atoms with E-state index in [-0.39, 0.29) is 24.4 Å². The Hall–Kier alpha value is -1.32. The molecular weight excluding hydrogens is 232 g/mol. The number of Topliss-reactive ketones (excluding diaryl/α,β-unsaturated/α-hetero) is 2. The van der Waals surface area contributed by atoms with Gasteiger partial charge in [0.05, 0.1) is 12.8 Å². The molecule has 4 heteroatoms. The Bertz CT molecular complexity index is 273. The van der Waals surface area contributed by atoms with Crippen LogP contribution in [-0.4, -0.2) is 24.1 Å². The van der Waals surface area contributed by atoms with Gasteiger partial charge in [0.25, 0.3) is 0 Å². The highest BCUT2D eigenvalue weighted by molar-refractivity contribution is 6.03. The van der Waals surface area contributed by atoms with E-state index in [0.29, 0.717) is 12.6 Å². The summed E-state index contributed by atoms with van der Waals surface area (Å²) in [7, 11) is 0. The molecule has 0 heterocycles. The molecule has 0 aliphatic carbocycles. The maximum absolute atomic E-state index is 11.5. The normalized spacial score (nSPS) is 11.0. The maximum Gasteiger partial charge on any atom is 0.145 e. The molecule has 0 aromatic carbocycles. The van der Waals surface area contributed by atoms with Crippen LogP contribution in [0.15, 0.2) is 0 Å². The zero-order chi connectivity index (χ0) is 15.0. The second-order valence-corrected chi connectivity index (χ2v) is 6.09. The number of hydrogen-bond donors (Lipinski definition) is 0. The molecule has 0 unspecified atom stereocenters. The molecule has 0 atom stereocenters. The molecule has 0 amide bonds. The predicted octanol–water partition coefficient (Wildman–Crippen LogP) is 2.38. The molecule has 0 saturated carbocycles. The molecule has 0 fully saturated rings. The third-order valence-corrected chi connectivity index (χ3v) is 2.19. The van der Waals surface area contributed by atoms with E-state index in [2.05, 4.69) is 0 Å². The van der Waals surface area contributed by atoms with E-state index in [1.807, 2.05) is 41.5 Å². The molecule has 104 valence electrons.